The van der Waals surface area contributed by atoms with E-state index in [9.17, 15) is 34.8 Å². The molecule has 3 rings (SSSR count). The van der Waals surface area contributed by atoms with Crippen molar-refractivity contribution in [3.63, 3.8) is 0 Å². The Morgan fingerprint density at radius 1 is 0.897 bits per heavy atom. The van der Waals surface area contributed by atoms with Gasteiger partial charge in [-0.15, -0.1) is 0 Å². The molecule has 29 heavy (non-hydrogen) atoms. The van der Waals surface area contributed by atoms with Gasteiger partial charge in [0.05, 0.1) is 22.5 Å². The molecule has 0 aliphatic carbocycles. The van der Waals surface area contributed by atoms with Crippen LogP contribution in [-0.4, -0.2) is 23.9 Å². The Labute approximate surface area is 160 Å². The quantitative estimate of drug-likeness (QED) is 0.334. The molecule has 0 fully saturated rings. The van der Waals surface area contributed by atoms with E-state index in [0.29, 0.717) is 5.56 Å². The van der Waals surface area contributed by atoms with E-state index >= 15 is 0 Å². The highest BCUT2D eigenvalue weighted by Gasteiger charge is 2.48. The van der Waals surface area contributed by atoms with Crippen molar-refractivity contribution >= 4 is 21.2 Å². The van der Waals surface area contributed by atoms with Crippen molar-refractivity contribution in [2.75, 3.05) is 0 Å². The fourth-order valence-electron chi connectivity index (χ4n) is 2.51. The molecule has 5 nitrogen and oxygen atoms in total. The maximum Gasteiger partial charge on any atom is 0.534 e. The molecule has 0 aliphatic rings. The fourth-order valence-corrected chi connectivity index (χ4v) is 2.96. The molecule has 3 aromatic rings. The van der Waals surface area contributed by atoms with Gasteiger partial charge in [0.25, 0.3) is 0 Å². The van der Waals surface area contributed by atoms with Crippen molar-refractivity contribution < 1.29 is 38.9 Å². The van der Waals surface area contributed by atoms with Gasteiger partial charge in [-0.25, -0.2) is 9.97 Å². The number of nitrogens with zero attached hydrogens (tertiary/aromatic N) is 2. The zero-order valence-electron chi connectivity index (χ0n) is 14.3. The van der Waals surface area contributed by atoms with Crippen molar-refractivity contribution in [1.29, 1.82) is 0 Å². The number of alkyl halides is 6. The van der Waals surface area contributed by atoms with Crippen molar-refractivity contribution in [1.82, 2.24) is 9.97 Å². The summed E-state index contributed by atoms with van der Waals surface area (Å²) in [5.74, 6) is -0.586. The van der Waals surface area contributed by atoms with Gasteiger partial charge in [-0.3, -0.25) is 0 Å². The zero-order chi connectivity index (χ0) is 21.6. The van der Waals surface area contributed by atoms with E-state index < -0.39 is 33.1 Å². The van der Waals surface area contributed by atoms with Crippen molar-refractivity contribution in [3.8, 4) is 17.0 Å². The lowest BCUT2D eigenvalue weighted by molar-refractivity contribution is -0.136. The number of fused-ring (bicyclic) bond motifs is 1. The summed E-state index contributed by atoms with van der Waals surface area (Å²) in [6.45, 7) is 1.42. The first-order valence-corrected chi connectivity index (χ1v) is 9.16. The lowest BCUT2D eigenvalue weighted by Crippen LogP contribution is -2.28. The molecule has 0 saturated carbocycles. The second kappa shape index (κ2) is 6.87. The van der Waals surface area contributed by atoms with Gasteiger partial charge in [-0.05, 0) is 43.3 Å². The Morgan fingerprint density at radius 2 is 1.52 bits per heavy atom. The number of aromatic nitrogens is 2. The van der Waals surface area contributed by atoms with Gasteiger partial charge >= 0.3 is 21.8 Å². The predicted molar refractivity (Wildman–Crippen MR) is 90.3 cm³/mol. The molecule has 0 bridgehead atoms. The summed E-state index contributed by atoms with van der Waals surface area (Å²) in [5, 5.41) is 0. The average molecular weight is 436 g/mol. The molecule has 0 radical (unpaired) electrons. The highest BCUT2D eigenvalue weighted by atomic mass is 32.2. The smallest absolute Gasteiger partial charge is 0.376 e. The van der Waals surface area contributed by atoms with Gasteiger partial charge in [0.1, 0.15) is 11.3 Å². The summed E-state index contributed by atoms with van der Waals surface area (Å²) in [6.07, 6.45) is -4.62. The van der Waals surface area contributed by atoms with Crippen molar-refractivity contribution in [3.05, 3.63) is 53.7 Å². The van der Waals surface area contributed by atoms with E-state index in [-0.39, 0.29) is 22.4 Å². The van der Waals surface area contributed by atoms with Gasteiger partial charge < -0.3 is 4.18 Å². The Bertz CT molecular complexity index is 1170. The Hall–Kier alpha value is -2.89. The second-order valence-electron chi connectivity index (χ2n) is 5.84. The van der Waals surface area contributed by atoms with Crippen LogP contribution >= 0.6 is 0 Å². The summed E-state index contributed by atoms with van der Waals surface area (Å²) in [5.41, 5.74) is -6.27. The third-order valence-corrected chi connectivity index (χ3v) is 4.77. The molecular weight excluding hydrogens is 426 g/mol. The first-order valence-electron chi connectivity index (χ1n) is 7.75. The molecule has 0 N–H and O–H groups in total. The van der Waals surface area contributed by atoms with E-state index in [2.05, 4.69) is 14.2 Å². The van der Waals surface area contributed by atoms with Gasteiger partial charge in [0.15, 0.2) is 0 Å². The number of para-hydroxylation sites is 1. The fraction of sp³-hybridized carbons (Fsp3) is 0.176. The lowest BCUT2D eigenvalue weighted by Gasteiger charge is -2.12. The molecule has 0 unspecified atom stereocenters. The van der Waals surface area contributed by atoms with Crippen LogP contribution < -0.4 is 4.18 Å². The standard InChI is InChI=1S/C17H10F6N2O3S/c1-9-14(25-13-4-2-3-12(15(13)24-9)16(18,19)20)10-5-7-11(8-6-10)28-29(26,27)17(21,22)23/h2-8H,1H3. The minimum atomic E-state index is -5.82. The largest absolute Gasteiger partial charge is 0.534 e. The predicted octanol–water partition coefficient (Wildman–Crippen LogP) is 4.85. The van der Waals surface area contributed by atoms with E-state index in [1.165, 1.54) is 31.2 Å². The van der Waals surface area contributed by atoms with Crippen LogP contribution in [0.4, 0.5) is 26.3 Å². The molecule has 1 aromatic heterocycles. The third-order valence-electron chi connectivity index (χ3n) is 3.79. The number of rotatable bonds is 3. The topological polar surface area (TPSA) is 69.2 Å². The van der Waals surface area contributed by atoms with Crippen LogP contribution in [0.5, 0.6) is 5.75 Å². The average Bonchev–Trinajstić information content (AvgIpc) is 2.59. The summed E-state index contributed by atoms with van der Waals surface area (Å²) in [6, 6.07) is 7.77. The van der Waals surface area contributed by atoms with Crippen LogP contribution in [0.3, 0.4) is 0 Å². The summed E-state index contributed by atoms with van der Waals surface area (Å²) in [7, 11) is -5.82. The first-order chi connectivity index (χ1) is 13.3. The van der Waals surface area contributed by atoms with Crippen LogP contribution in [-0.2, 0) is 16.3 Å². The molecule has 0 aliphatic heterocycles. The van der Waals surface area contributed by atoms with Gasteiger partial charge in [0, 0.05) is 5.56 Å². The van der Waals surface area contributed by atoms with Crippen LogP contribution in [0.25, 0.3) is 22.3 Å². The third kappa shape index (κ3) is 4.11. The summed E-state index contributed by atoms with van der Waals surface area (Å²) >= 11 is 0. The summed E-state index contributed by atoms with van der Waals surface area (Å²) in [4.78, 5) is 8.14. The van der Waals surface area contributed by atoms with Gasteiger partial charge in [0.2, 0.25) is 0 Å². The van der Waals surface area contributed by atoms with Crippen molar-refractivity contribution in [2.45, 2.75) is 18.6 Å². The van der Waals surface area contributed by atoms with Crippen LogP contribution in [0, 0.1) is 6.92 Å². The zero-order valence-corrected chi connectivity index (χ0v) is 15.2. The van der Waals surface area contributed by atoms with E-state index in [0.717, 1.165) is 18.2 Å². The molecular formula is C17H10F6N2O3S. The Kier molecular flexibility index (Phi) is 4.93. The number of aryl methyl sites for hydroxylation is 1. The second-order valence-corrected chi connectivity index (χ2v) is 7.37. The molecule has 2 aromatic carbocycles. The number of hydrogen-bond acceptors (Lipinski definition) is 5. The highest BCUT2D eigenvalue weighted by Crippen LogP contribution is 2.35. The van der Waals surface area contributed by atoms with E-state index in [4.69, 9.17) is 0 Å². The Morgan fingerprint density at radius 3 is 2.07 bits per heavy atom. The number of halogens is 6. The van der Waals surface area contributed by atoms with Crippen molar-refractivity contribution in [2.24, 2.45) is 0 Å². The molecule has 154 valence electrons. The van der Waals surface area contributed by atoms with Crippen LogP contribution in [0.2, 0.25) is 0 Å². The number of benzene rings is 2. The minimum Gasteiger partial charge on any atom is -0.376 e. The lowest BCUT2D eigenvalue weighted by atomic mass is 10.1. The summed E-state index contributed by atoms with van der Waals surface area (Å²) < 4.78 is 103. The normalized spacial score (nSPS) is 12.9. The molecule has 0 saturated heterocycles. The number of hydrogen-bond donors (Lipinski definition) is 0. The van der Waals surface area contributed by atoms with Crippen LogP contribution in [0.1, 0.15) is 11.3 Å². The molecule has 0 spiro atoms. The highest BCUT2D eigenvalue weighted by molar-refractivity contribution is 7.88. The monoisotopic (exact) mass is 436 g/mol. The molecule has 12 heteroatoms. The van der Waals surface area contributed by atoms with Gasteiger partial charge in [-0.1, -0.05) is 6.07 Å². The maximum atomic E-state index is 13.1. The molecule has 0 atom stereocenters. The SMILES string of the molecule is Cc1nc2c(C(F)(F)F)cccc2nc1-c1ccc(OS(=O)(=O)C(F)(F)F)cc1. The van der Waals surface area contributed by atoms with E-state index in [1.807, 2.05) is 0 Å². The maximum absolute atomic E-state index is 13.1. The van der Waals surface area contributed by atoms with Crippen LogP contribution in [0.15, 0.2) is 42.5 Å². The van der Waals surface area contributed by atoms with E-state index in [1.54, 1.807) is 0 Å². The van der Waals surface area contributed by atoms with Gasteiger partial charge in [-0.2, -0.15) is 34.8 Å². The molecule has 0 amide bonds. The Balaban J connectivity index is 2.00. The minimum absolute atomic E-state index is 0.0274. The first kappa shape index (κ1) is 20.8. The molecule has 1 heterocycles.